The normalized spacial score (nSPS) is 35.0. The van der Waals surface area contributed by atoms with Crippen molar-refractivity contribution in [3.63, 3.8) is 0 Å². The first-order valence-corrected chi connectivity index (χ1v) is 11.5. The SMILES string of the molecule is CC[C@@H]1CC[C@@H]2[C@H](CC[C@]3(C)C(n4ccnc4)=C(C=O)C[C@@H]23)[C@@]1(C)CC.O=C=O.O=C=O. The summed E-state index contributed by atoms with van der Waals surface area (Å²) in [6.45, 7) is 9.78. The predicted octanol–water partition coefficient (Wildman–Crippen LogP) is 4.41. The van der Waals surface area contributed by atoms with Crippen molar-refractivity contribution < 1.29 is 24.0 Å². The summed E-state index contributed by atoms with van der Waals surface area (Å²) in [7, 11) is 0. The van der Waals surface area contributed by atoms with Gasteiger partial charge in [-0.05, 0) is 61.2 Å². The highest BCUT2D eigenvalue weighted by atomic mass is 16.2. The van der Waals surface area contributed by atoms with Crippen LogP contribution in [0.5, 0.6) is 0 Å². The Morgan fingerprint density at radius 3 is 2.25 bits per heavy atom. The molecule has 7 heteroatoms. The van der Waals surface area contributed by atoms with Gasteiger partial charge in [-0.25, -0.2) is 4.98 Å². The molecule has 0 saturated heterocycles. The van der Waals surface area contributed by atoms with Crippen LogP contribution in [-0.4, -0.2) is 28.1 Å². The molecule has 2 saturated carbocycles. The van der Waals surface area contributed by atoms with E-state index in [1.807, 2.05) is 18.7 Å². The number of hydrogen-bond donors (Lipinski definition) is 0. The minimum Gasteiger partial charge on any atom is -0.309 e. The number of rotatable bonds is 4. The molecule has 32 heavy (non-hydrogen) atoms. The van der Waals surface area contributed by atoms with Crippen molar-refractivity contribution in [2.24, 2.45) is 34.5 Å². The van der Waals surface area contributed by atoms with Crippen LogP contribution >= 0.6 is 0 Å². The standard InChI is InChI=1S/C23H34N2O.2CO2/c1-5-17-7-8-18-19(22(17,3)6-2)9-10-23(4)20(18)13-16(14-26)21(23)25-12-11-24-15-25;2*2-1-3/h11-12,14-15,17-20H,5-10,13H2,1-4H3;;/t17-,18-,19+,20+,22+,23+;;/m1../s1. The van der Waals surface area contributed by atoms with Crippen LogP contribution in [0.25, 0.3) is 5.70 Å². The molecule has 1 aromatic rings. The van der Waals surface area contributed by atoms with E-state index in [0.29, 0.717) is 11.3 Å². The molecule has 3 aliphatic rings. The lowest BCUT2D eigenvalue weighted by atomic mass is 9.46. The second kappa shape index (κ2) is 10.8. The average Bonchev–Trinajstić information content (AvgIpc) is 3.40. The van der Waals surface area contributed by atoms with E-state index in [9.17, 15) is 4.79 Å². The smallest absolute Gasteiger partial charge is 0.309 e. The molecule has 0 unspecified atom stereocenters. The third-order valence-corrected chi connectivity index (χ3v) is 8.90. The van der Waals surface area contributed by atoms with Gasteiger partial charge in [0.1, 0.15) is 6.29 Å². The van der Waals surface area contributed by atoms with Crippen molar-refractivity contribution in [2.75, 3.05) is 0 Å². The van der Waals surface area contributed by atoms with Gasteiger partial charge >= 0.3 is 12.3 Å². The molecule has 0 spiro atoms. The molecule has 0 amide bonds. The van der Waals surface area contributed by atoms with Crippen LogP contribution in [0.1, 0.15) is 72.6 Å². The van der Waals surface area contributed by atoms with Crippen molar-refractivity contribution >= 4 is 24.3 Å². The van der Waals surface area contributed by atoms with Gasteiger partial charge in [0.05, 0.1) is 6.33 Å². The number of nitrogens with zero attached hydrogens (tertiary/aromatic N) is 2. The second-order valence-corrected chi connectivity index (χ2v) is 9.71. The molecule has 0 bridgehead atoms. The minimum absolute atomic E-state index is 0.117. The Hall–Kier alpha value is -2.62. The fourth-order valence-electron chi connectivity index (χ4n) is 7.40. The van der Waals surface area contributed by atoms with Crippen molar-refractivity contribution in [3.05, 3.63) is 24.3 Å². The van der Waals surface area contributed by atoms with E-state index in [2.05, 4.69) is 37.2 Å². The molecular weight excluding hydrogens is 408 g/mol. The van der Waals surface area contributed by atoms with Gasteiger partial charge in [-0.2, -0.15) is 19.2 Å². The maximum Gasteiger partial charge on any atom is 0.373 e. The Morgan fingerprint density at radius 1 is 1.09 bits per heavy atom. The zero-order chi connectivity index (χ0) is 23.9. The summed E-state index contributed by atoms with van der Waals surface area (Å²) < 4.78 is 2.13. The molecule has 0 N–H and O–H groups in total. The van der Waals surface area contributed by atoms with Gasteiger partial charge in [-0.3, -0.25) is 4.79 Å². The lowest BCUT2D eigenvalue weighted by Gasteiger charge is -2.58. The number of allylic oxidation sites excluding steroid dienone is 2. The van der Waals surface area contributed by atoms with Crippen LogP contribution in [0.4, 0.5) is 0 Å². The van der Waals surface area contributed by atoms with E-state index in [0.717, 1.165) is 36.0 Å². The van der Waals surface area contributed by atoms with Gasteiger partial charge in [0.15, 0.2) is 0 Å². The molecule has 4 rings (SSSR count). The predicted molar refractivity (Wildman–Crippen MR) is 115 cm³/mol. The third kappa shape index (κ3) is 4.32. The average molecular weight is 443 g/mol. The number of carbonyl (C=O) groups excluding carboxylic acids is 5. The number of aromatic nitrogens is 2. The van der Waals surface area contributed by atoms with Gasteiger partial charge in [0, 0.05) is 29.1 Å². The number of imidazole rings is 1. The number of aldehydes is 1. The van der Waals surface area contributed by atoms with E-state index < -0.39 is 0 Å². The highest BCUT2D eigenvalue weighted by Gasteiger charge is 2.58. The molecule has 1 heterocycles. The highest BCUT2D eigenvalue weighted by molar-refractivity contribution is 5.86. The summed E-state index contributed by atoms with van der Waals surface area (Å²) in [5.41, 5.74) is 2.85. The second-order valence-electron chi connectivity index (χ2n) is 9.71. The van der Waals surface area contributed by atoms with E-state index >= 15 is 0 Å². The Balaban J connectivity index is 0.000000547. The summed E-state index contributed by atoms with van der Waals surface area (Å²) in [6.07, 6.45) is 16.2. The Morgan fingerprint density at radius 2 is 1.75 bits per heavy atom. The number of fused-ring (bicyclic) bond motifs is 3. The maximum atomic E-state index is 11.9. The van der Waals surface area contributed by atoms with E-state index in [1.54, 1.807) is 0 Å². The van der Waals surface area contributed by atoms with E-state index in [-0.39, 0.29) is 17.7 Å². The number of hydrogen-bond acceptors (Lipinski definition) is 6. The fourth-order valence-corrected chi connectivity index (χ4v) is 7.40. The Bertz CT molecular complexity index is 868. The first kappa shape index (κ1) is 25.6. The van der Waals surface area contributed by atoms with Gasteiger partial charge in [-0.15, -0.1) is 0 Å². The first-order chi connectivity index (χ1) is 15.3. The van der Waals surface area contributed by atoms with Gasteiger partial charge in [-0.1, -0.05) is 40.5 Å². The summed E-state index contributed by atoms with van der Waals surface area (Å²) in [6, 6.07) is 0. The zero-order valence-electron chi connectivity index (χ0n) is 19.5. The third-order valence-electron chi connectivity index (χ3n) is 8.90. The largest absolute Gasteiger partial charge is 0.373 e. The molecule has 0 aliphatic heterocycles. The van der Waals surface area contributed by atoms with Crippen molar-refractivity contribution in [2.45, 2.75) is 72.6 Å². The topological polar surface area (TPSA) is 103 Å². The summed E-state index contributed by atoms with van der Waals surface area (Å²) in [5, 5.41) is 0. The molecule has 2 fully saturated rings. The van der Waals surface area contributed by atoms with E-state index in [4.69, 9.17) is 19.2 Å². The first-order valence-electron chi connectivity index (χ1n) is 11.5. The Kier molecular flexibility index (Phi) is 8.65. The van der Waals surface area contributed by atoms with Crippen molar-refractivity contribution in [3.8, 4) is 0 Å². The Labute approximate surface area is 189 Å². The monoisotopic (exact) mass is 442 g/mol. The van der Waals surface area contributed by atoms with Crippen LogP contribution in [0.3, 0.4) is 0 Å². The fraction of sp³-hybridized carbons (Fsp3) is 0.680. The van der Waals surface area contributed by atoms with Crippen LogP contribution in [-0.2, 0) is 24.0 Å². The van der Waals surface area contributed by atoms with Crippen LogP contribution < -0.4 is 0 Å². The maximum absolute atomic E-state index is 11.9. The molecule has 0 radical (unpaired) electrons. The van der Waals surface area contributed by atoms with Crippen molar-refractivity contribution in [1.82, 2.24) is 9.55 Å². The molecule has 3 aliphatic carbocycles. The molecule has 1 aromatic heterocycles. The van der Waals surface area contributed by atoms with Gasteiger partial charge < -0.3 is 4.57 Å². The molecule has 7 nitrogen and oxygen atoms in total. The van der Waals surface area contributed by atoms with Gasteiger partial charge in [0.2, 0.25) is 0 Å². The molecule has 0 aromatic carbocycles. The highest BCUT2D eigenvalue weighted by Crippen LogP contribution is 2.66. The molecule has 6 atom stereocenters. The van der Waals surface area contributed by atoms with Crippen LogP contribution in [0, 0.1) is 34.5 Å². The summed E-state index contributed by atoms with van der Waals surface area (Å²) in [5.74, 6) is 3.06. The lowest BCUT2D eigenvalue weighted by molar-refractivity contribution is -0.193. The minimum atomic E-state index is 0.117. The van der Waals surface area contributed by atoms with Crippen LogP contribution in [0.15, 0.2) is 24.3 Å². The number of carbonyl (C=O) groups is 1. The molecule has 174 valence electrons. The lowest BCUT2D eigenvalue weighted by Crippen LogP contribution is -2.51. The zero-order valence-corrected chi connectivity index (χ0v) is 19.5. The molecular formula is C25H34N2O5. The van der Waals surface area contributed by atoms with Crippen molar-refractivity contribution in [1.29, 1.82) is 0 Å². The van der Waals surface area contributed by atoms with E-state index in [1.165, 1.54) is 44.2 Å². The summed E-state index contributed by atoms with van der Waals surface area (Å²) >= 11 is 0. The quantitative estimate of drug-likeness (QED) is 0.640. The van der Waals surface area contributed by atoms with Gasteiger partial charge in [0.25, 0.3) is 0 Å². The summed E-state index contributed by atoms with van der Waals surface area (Å²) in [4.78, 5) is 48.7. The van der Waals surface area contributed by atoms with Crippen LogP contribution in [0.2, 0.25) is 0 Å².